The van der Waals surface area contributed by atoms with Crippen molar-refractivity contribution in [1.82, 2.24) is 10.2 Å². The number of nitrogens with one attached hydrogen (secondary N) is 1. The van der Waals surface area contributed by atoms with Gasteiger partial charge in [-0.15, -0.1) is 0 Å². The van der Waals surface area contributed by atoms with Crippen molar-refractivity contribution in [2.45, 2.75) is 123 Å². The molecule has 1 aliphatic heterocycles. The lowest BCUT2D eigenvalue weighted by atomic mass is 10.0. The van der Waals surface area contributed by atoms with E-state index in [4.69, 9.17) is 0 Å². The fraction of sp³-hybridized carbons (Fsp3) is 1.00. The summed E-state index contributed by atoms with van der Waals surface area (Å²) in [6.07, 6.45) is 23.8. The summed E-state index contributed by atoms with van der Waals surface area (Å²) in [5.74, 6) is 0. The summed E-state index contributed by atoms with van der Waals surface area (Å²) in [6.45, 7) is 8.35. The van der Waals surface area contributed by atoms with E-state index >= 15 is 0 Å². The molecule has 24 heavy (non-hydrogen) atoms. The van der Waals surface area contributed by atoms with Crippen LogP contribution in [0.3, 0.4) is 0 Å². The van der Waals surface area contributed by atoms with Gasteiger partial charge in [-0.05, 0) is 19.4 Å². The average Bonchev–Trinajstić information content (AvgIpc) is 3.06. The zero-order valence-corrected chi connectivity index (χ0v) is 17.0. The van der Waals surface area contributed by atoms with Crippen LogP contribution in [0.4, 0.5) is 0 Å². The van der Waals surface area contributed by atoms with Crippen LogP contribution in [0.2, 0.25) is 0 Å². The van der Waals surface area contributed by atoms with E-state index in [0.29, 0.717) is 6.17 Å². The number of unbranched alkanes of at least 4 members (excludes halogenated alkanes) is 14. The minimum absolute atomic E-state index is 0.664. The first kappa shape index (κ1) is 22.0. The lowest BCUT2D eigenvalue weighted by Gasteiger charge is -2.22. The van der Waals surface area contributed by atoms with Gasteiger partial charge < -0.3 is 5.32 Å². The Balaban J connectivity index is 1.72. The Morgan fingerprint density at radius 1 is 0.667 bits per heavy atom. The third-order valence-electron chi connectivity index (χ3n) is 5.66. The highest BCUT2D eigenvalue weighted by molar-refractivity contribution is 4.76. The van der Waals surface area contributed by atoms with Crippen LogP contribution in [-0.4, -0.2) is 30.7 Å². The zero-order valence-electron chi connectivity index (χ0n) is 17.0. The molecule has 0 bridgehead atoms. The van der Waals surface area contributed by atoms with Gasteiger partial charge in [0.15, 0.2) is 0 Å². The summed E-state index contributed by atoms with van der Waals surface area (Å²) < 4.78 is 0. The van der Waals surface area contributed by atoms with Gasteiger partial charge in [-0.1, -0.05) is 104 Å². The summed E-state index contributed by atoms with van der Waals surface area (Å²) >= 11 is 0. The predicted octanol–water partition coefficient (Wildman–Crippen LogP) is 6.50. The number of nitrogens with zero attached hydrogens (tertiary/aromatic N) is 1. The van der Waals surface area contributed by atoms with Gasteiger partial charge >= 0.3 is 0 Å². The summed E-state index contributed by atoms with van der Waals surface area (Å²) in [7, 11) is 0. The largest absolute Gasteiger partial charge is 0.300 e. The predicted molar refractivity (Wildman–Crippen MR) is 109 cm³/mol. The van der Waals surface area contributed by atoms with E-state index < -0.39 is 0 Å². The third kappa shape index (κ3) is 11.5. The molecule has 1 rings (SSSR count). The molecule has 1 unspecified atom stereocenters. The van der Waals surface area contributed by atoms with E-state index in [1.54, 1.807) is 0 Å². The topological polar surface area (TPSA) is 15.3 Å². The van der Waals surface area contributed by atoms with E-state index in [1.165, 1.54) is 122 Å². The Labute approximate surface area is 153 Å². The van der Waals surface area contributed by atoms with Crippen LogP contribution >= 0.6 is 0 Å². The molecule has 1 atom stereocenters. The summed E-state index contributed by atoms with van der Waals surface area (Å²) in [5, 5.41) is 3.58. The zero-order chi connectivity index (χ0) is 17.3. The number of hydrogen-bond acceptors (Lipinski definition) is 2. The van der Waals surface area contributed by atoms with Crippen LogP contribution in [0.25, 0.3) is 0 Å². The van der Waals surface area contributed by atoms with E-state index in [-0.39, 0.29) is 0 Å². The van der Waals surface area contributed by atoms with Gasteiger partial charge in [-0.3, -0.25) is 4.90 Å². The number of rotatable bonds is 17. The van der Waals surface area contributed by atoms with Gasteiger partial charge in [0, 0.05) is 13.1 Å². The molecular formula is C22H46N2. The van der Waals surface area contributed by atoms with Crippen molar-refractivity contribution in [3.8, 4) is 0 Å². The molecule has 0 radical (unpaired) electrons. The van der Waals surface area contributed by atoms with Crippen LogP contribution in [-0.2, 0) is 0 Å². The van der Waals surface area contributed by atoms with Crippen molar-refractivity contribution in [1.29, 1.82) is 0 Å². The standard InChI is InChI=1S/C22H46N2/c1-3-5-6-7-8-9-10-11-12-13-14-15-16-17-18-20-24-21-19-23-22(24)4-2/h22-23H,3-21H2,1-2H3. The molecule has 0 aliphatic carbocycles. The van der Waals surface area contributed by atoms with Crippen molar-refractivity contribution in [3.05, 3.63) is 0 Å². The minimum atomic E-state index is 0.664. The van der Waals surface area contributed by atoms with Crippen molar-refractivity contribution in [3.63, 3.8) is 0 Å². The minimum Gasteiger partial charge on any atom is -0.300 e. The van der Waals surface area contributed by atoms with Crippen LogP contribution in [0.1, 0.15) is 117 Å². The molecule has 0 aromatic carbocycles. The first-order valence-electron chi connectivity index (χ1n) is 11.4. The van der Waals surface area contributed by atoms with Gasteiger partial charge in [0.2, 0.25) is 0 Å². The highest BCUT2D eigenvalue weighted by atomic mass is 15.3. The summed E-state index contributed by atoms with van der Waals surface area (Å²) in [6, 6.07) is 0. The van der Waals surface area contributed by atoms with Crippen molar-refractivity contribution < 1.29 is 0 Å². The highest BCUT2D eigenvalue weighted by Crippen LogP contribution is 2.14. The van der Waals surface area contributed by atoms with Gasteiger partial charge in [-0.2, -0.15) is 0 Å². The third-order valence-corrected chi connectivity index (χ3v) is 5.66. The van der Waals surface area contributed by atoms with Crippen molar-refractivity contribution >= 4 is 0 Å². The maximum absolute atomic E-state index is 3.58. The Morgan fingerprint density at radius 3 is 1.58 bits per heavy atom. The molecule has 1 heterocycles. The SMILES string of the molecule is CCCCCCCCCCCCCCCCCN1CCNC1CC. The van der Waals surface area contributed by atoms with E-state index in [9.17, 15) is 0 Å². The highest BCUT2D eigenvalue weighted by Gasteiger charge is 2.20. The monoisotopic (exact) mass is 338 g/mol. The molecule has 1 fully saturated rings. The Kier molecular flexibility index (Phi) is 15.0. The number of hydrogen-bond donors (Lipinski definition) is 1. The Hall–Kier alpha value is -0.0800. The van der Waals surface area contributed by atoms with Gasteiger partial charge in [0.05, 0.1) is 6.17 Å². The maximum atomic E-state index is 3.58. The average molecular weight is 339 g/mol. The van der Waals surface area contributed by atoms with Crippen LogP contribution < -0.4 is 5.32 Å². The lowest BCUT2D eigenvalue weighted by molar-refractivity contribution is 0.230. The normalized spacial score (nSPS) is 18.5. The second-order valence-electron chi connectivity index (χ2n) is 7.86. The molecule has 1 saturated heterocycles. The quantitative estimate of drug-likeness (QED) is 0.304. The molecule has 0 aromatic heterocycles. The van der Waals surface area contributed by atoms with E-state index in [0.717, 1.165) is 0 Å². The fourth-order valence-corrected chi connectivity index (χ4v) is 4.02. The van der Waals surface area contributed by atoms with Crippen molar-refractivity contribution in [2.75, 3.05) is 19.6 Å². The molecule has 0 aromatic rings. The molecule has 2 nitrogen and oxygen atoms in total. The molecule has 2 heteroatoms. The molecule has 144 valence electrons. The Bertz CT molecular complexity index is 254. The second-order valence-corrected chi connectivity index (χ2v) is 7.86. The first-order chi connectivity index (χ1) is 11.9. The van der Waals surface area contributed by atoms with Crippen molar-refractivity contribution in [2.24, 2.45) is 0 Å². The van der Waals surface area contributed by atoms with E-state index in [2.05, 4.69) is 24.1 Å². The molecular weight excluding hydrogens is 292 g/mol. The van der Waals surface area contributed by atoms with Gasteiger partial charge in [0.25, 0.3) is 0 Å². The van der Waals surface area contributed by atoms with E-state index in [1.807, 2.05) is 0 Å². The molecule has 1 aliphatic rings. The van der Waals surface area contributed by atoms with Gasteiger partial charge in [-0.25, -0.2) is 0 Å². The molecule has 1 N–H and O–H groups in total. The van der Waals surface area contributed by atoms with Crippen LogP contribution in [0, 0.1) is 0 Å². The van der Waals surface area contributed by atoms with Crippen LogP contribution in [0.5, 0.6) is 0 Å². The van der Waals surface area contributed by atoms with Crippen LogP contribution in [0.15, 0.2) is 0 Å². The lowest BCUT2D eigenvalue weighted by Crippen LogP contribution is -2.35. The summed E-state index contributed by atoms with van der Waals surface area (Å²) in [5.41, 5.74) is 0. The molecule has 0 saturated carbocycles. The first-order valence-corrected chi connectivity index (χ1v) is 11.4. The molecule has 0 spiro atoms. The summed E-state index contributed by atoms with van der Waals surface area (Å²) in [4.78, 5) is 2.64. The smallest absolute Gasteiger partial charge is 0.0595 e. The second kappa shape index (κ2) is 16.4. The Morgan fingerprint density at radius 2 is 1.12 bits per heavy atom. The van der Waals surface area contributed by atoms with Gasteiger partial charge in [0.1, 0.15) is 0 Å². The maximum Gasteiger partial charge on any atom is 0.0595 e. The molecule has 0 amide bonds. The fourth-order valence-electron chi connectivity index (χ4n) is 4.02.